The lowest BCUT2D eigenvalue weighted by molar-refractivity contribution is 0.402. The second-order valence-electron chi connectivity index (χ2n) is 6.65. The number of aryl methyl sites for hydroxylation is 1. The molecule has 0 spiro atoms. The zero-order chi connectivity index (χ0) is 21.3. The van der Waals surface area contributed by atoms with Crippen molar-refractivity contribution in [1.29, 1.82) is 0 Å². The van der Waals surface area contributed by atoms with E-state index in [1.54, 1.807) is 42.5 Å². The van der Waals surface area contributed by atoms with Crippen LogP contribution in [0.5, 0.6) is 5.75 Å². The first kappa shape index (κ1) is 19.7. The fourth-order valence-electron chi connectivity index (χ4n) is 3.02. The largest absolute Gasteiger partial charge is 0.495 e. The smallest absolute Gasteiger partial charge is 0.265 e. The normalized spacial score (nSPS) is 11.4. The maximum absolute atomic E-state index is 13.2. The van der Waals surface area contributed by atoms with Crippen molar-refractivity contribution in [3.63, 3.8) is 0 Å². The van der Waals surface area contributed by atoms with Gasteiger partial charge in [0, 0.05) is 28.4 Å². The van der Waals surface area contributed by atoms with Gasteiger partial charge in [0.25, 0.3) is 10.0 Å². The number of aromatic nitrogens is 2. The maximum Gasteiger partial charge on any atom is 0.265 e. The number of anilines is 1. The summed E-state index contributed by atoms with van der Waals surface area (Å²) >= 11 is 0. The molecule has 0 aliphatic carbocycles. The van der Waals surface area contributed by atoms with Gasteiger partial charge in [0.1, 0.15) is 10.6 Å². The Hall–Kier alpha value is -3.59. The molecule has 2 aromatic carbocycles. The molecule has 9 heteroatoms. The van der Waals surface area contributed by atoms with Crippen molar-refractivity contribution in [3.8, 4) is 28.4 Å². The number of benzene rings is 2. The van der Waals surface area contributed by atoms with Crippen molar-refractivity contribution < 1.29 is 22.2 Å². The van der Waals surface area contributed by atoms with E-state index in [2.05, 4.69) is 15.0 Å². The fourth-order valence-corrected chi connectivity index (χ4v) is 4.27. The molecular weight excluding hydrogens is 406 g/mol. The van der Waals surface area contributed by atoms with Crippen molar-refractivity contribution in [2.75, 3.05) is 11.8 Å². The highest BCUT2D eigenvalue weighted by molar-refractivity contribution is 7.92. The van der Waals surface area contributed by atoms with E-state index >= 15 is 0 Å². The third-order valence-corrected chi connectivity index (χ3v) is 6.11. The van der Waals surface area contributed by atoms with E-state index in [9.17, 15) is 8.42 Å². The van der Waals surface area contributed by atoms with E-state index in [4.69, 9.17) is 13.8 Å². The molecule has 154 valence electrons. The quantitative estimate of drug-likeness (QED) is 0.487. The predicted octanol–water partition coefficient (Wildman–Crippen LogP) is 4.42. The van der Waals surface area contributed by atoms with Gasteiger partial charge in [-0.15, -0.1) is 0 Å². The summed E-state index contributed by atoms with van der Waals surface area (Å²) in [4.78, 5) is -0.0129. The van der Waals surface area contributed by atoms with E-state index in [-0.39, 0.29) is 10.6 Å². The summed E-state index contributed by atoms with van der Waals surface area (Å²) in [7, 11) is -2.54. The van der Waals surface area contributed by atoms with Gasteiger partial charge < -0.3 is 13.8 Å². The van der Waals surface area contributed by atoms with E-state index in [1.807, 2.05) is 13.8 Å². The van der Waals surface area contributed by atoms with Crippen LogP contribution in [-0.2, 0) is 10.0 Å². The molecule has 0 fully saturated rings. The van der Waals surface area contributed by atoms with Gasteiger partial charge in [-0.2, -0.15) is 0 Å². The van der Waals surface area contributed by atoms with E-state index in [0.717, 1.165) is 11.3 Å². The standard InChI is InChI=1S/C21H19N3O5S/c1-13-14(2)23-29-21(13)16-7-8-19(27-3)20(12-16)30(25,26)24-17-6-4-5-15(11-17)18-9-10-22-28-18/h4-12,24H,1-3H3. The van der Waals surface area contributed by atoms with Crippen LogP contribution in [0.2, 0.25) is 0 Å². The molecule has 0 radical (unpaired) electrons. The molecular formula is C21H19N3O5S. The minimum Gasteiger partial charge on any atom is -0.495 e. The van der Waals surface area contributed by atoms with Gasteiger partial charge in [-0.05, 0) is 44.2 Å². The maximum atomic E-state index is 13.2. The molecule has 30 heavy (non-hydrogen) atoms. The first-order valence-corrected chi connectivity index (χ1v) is 10.5. The Morgan fingerprint density at radius 1 is 1.00 bits per heavy atom. The lowest BCUT2D eigenvalue weighted by Gasteiger charge is -2.13. The summed E-state index contributed by atoms with van der Waals surface area (Å²) in [5.41, 5.74) is 3.25. The number of hydrogen-bond donors (Lipinski definition) is 1. The van der Waals surface area contributed by atoms with Crippen LogP contribution in [0.4, 0.5) is 5.69 Å². The number of hydrogen-bond acceptors (Lipinski definition) is 7. The average molecular weight is 425 g/mol. The molecule has 1 N–H and O–H groups in total. The van der Waals surface area contributed by atoms with E-state index in [1.165, 1.54) is 19.4 Å². The molecule has 0 unspecified atom stereocenters. The van der Waals surface area contributed by atoms with Crippen molar-refractivity contribution in [3.05, 3.63) is 66.0 Å². The van der Waals surface area contributed by atoms with Gasteiger partial charge >= 0.3 is 0 Å². The number of methoxy groups -OCH3 is 1. The molecule has 0 aliphatic heterocycles. The predicted molar refractivity (Wildman–Crippen MR) is 111 cm³/mol. The molecule has 4 rings (SSSR count). The minimum atomic E-state index is -3.96. The highest BCUT2D eigenvalue weighted by Crippen LogP contribution is 2.33. The van der Waals surface area contributed by atoms with Gasteiger partial charge in [-0.1, -0.05) is 22.4 Å². The van der Waals surface area contributed by atoms with Crippen LogP contribution in [-0.4, -0.2) is 25.8 Å². The molecule has 8 nitrogen and oxygen atoms in total. The number of nitrogens with one attached hydrogen (secondary N) is 1. The molecule has 4 aromatic rings. The zero-order valence-corrected chi connectivity index (χ0v) is 17.4. The van der Waals surface area contributed by atoms with Gasteiger partial charge in [-0.25, -0.2) is 8.42 Å². The lowest BCUT2D eigenvalue weighted by atomic mass is 10.1. The van der Waals surface area contributed by atoms with Crippen molar-refractivity contribution in [1.82, 2.24) is 10.3 Å². The highest BCUT2D eigenvalue weighted by Gasteiger charge is 2.23. The number of nitrogens with zero attached hydrogens (tertiary/aromatic N) is 2. The minimum absolute atomic E-state index is 0.0129. The number of sulfonamides is 1. The Morgan fingerprint density at radius 2 is 1.83 bits per heavy atom. The van der Waals surface area contributed by atoms with Crippen LogP contribution >= 0.6 is 0 Å². The van der Waals surface area contributed by atoms with Gasteiger partial charge in [-0.3, -0.25) is 4.72 Å². The Labute approximate surface area is 173 Å². The third kappa shape index (κ3) is 3.67. The van der Waals surface area contributed by atoms with Gasteiger partial charge in [0.15, 0.2) is 11.5 Å². The van der Waals surface area contributed by atoms with Crippen molar-refractivity contribution in [2.24, 2.45) is 0 Å². The molecule has 0 amide bonds. The highest BCUT2D eigenvalue weighted by atomic mass is 32.2. The topological polar surface area (TPSA) is 107 Å². The summed E-state index contributed by atoms with van der Waals surface area (Å²) in [6.45, 7) is 3.69. The first-order valence-electron chi connectivity index (χ1n) is 9.04. The summed E-state index contributed by atoms with van der Waals surface area (Å²) in [6, 6.07) is 13.4. The van der Waals surface area contributed by atoms with E-state index in [0.29, 0.717) is 28.3 Å². The van der Waals surface area contributed by atoms with Crippen LogP contribution in [0.1, 0.15) is 11.3 Å². The number of ether oxygens (including phenoxy) is 1. The van der Waals surface area contributed by atoms with Gasteiger partial charge in [0.05, 0.1) is 19.0 Å². The molecule has 0 bridgehead atoms. The fraction of sp³-hybridized carbons (Fsp3) is 0.143. The third-order valence-electron chi connectivity index (χ3n) is 4.71. The average Bonchev–Trinajstić information content (AvgIpc) is 3.38. The van der Waals surface area contributed by atoms with Crippen LogP contribution in [0.15, 0.2) is 68.7 Å². The van der Waals surface area contributed by atoms with Gasteiger partial charge in [0.2, 0.25) is 0 Å². The first-order chi connectivity index (χ1) is 14.4. The second kappa shape index (κ2) is 7.68. The molecule has 2 aromatic heterocycles. The SMILES string of the molecule is COc1ccc(-c2onc(C)c2C)cc1S(=O)(=O)Nc1cccc(-c2ccno2)c1. The second-order valence-corrected chi connectivity index (χ2v) is 8.30. The van der Waals surface area contributed by atoms with Crippen LogP contribution < -0.4 is 9.46 Å². The monoisotopic (exact) mass is 425 g/mol. The molecule has 0 saturated carbocycles. The van der Waals surface area contributed by atoms with Crippen LogP contribution in [0.3, 0.4) is 0 Å². The van der Waals surface area contributed by atoms with Crippen molar-refractivity contribution in [2.45, 2.75) is 18.7 Å². The Balaban J connectivity index is 1.73. The van der Waals surface area contributed by atoms with Crippen LogP contribution in [0, 0.1) is 13.8 Å². The van der Waals surface area contributed by atoms with E-state index < -0.39 is 10.0 Å². The van der Waals surface area contributed by atoms with Crippen LogP contribution in [0.25, 0.3) is 22.6 Å². The Morgan fingerprint density at radius 3 is 2.50 bits per heavy atom. The summed E-state index contributed by atoms with van der Waals surface area (Å²) < 4.78 is 44.8. The lowest BCUT2D eigenvalue weighted by Crippen LogP contribution is -2.14. The number of rotatable bonds is 6. The molecule has 2 heterocycles. The summed E-state index contributed by atoms with van der Waals surface area (Å²) in [6.07, 6.45) is 1.52. The Bertz CT molecular complexity index is 1290. The zero-order valence-electron chi connectivity index (χ0n) is 16.5. The molecule has 0 atom stereocenters. The van der Waals surface area contributed by atoms with Crippen molar-refractivity contribution >= 4 is 15.7 Å². The molecule has 0 saturated heterocycles. The molecule has 0 aliphatic rings. The Kier molecular flexibility index (Phi) is 5.04. The summed E-state index contributed by atoms with van der Waals surface area (Å²) in [5, 5.41) is 7.62. The summed E-state index contributed by atoms with van der Waals surface area (Å²) in [5.74, 6) is 1.26.